The normalized spacial score (nSPS) is 24.2. The van der Waals surface area contributed by atoms with Gasteiger partial charge in [0.05, 0.1) is 12.7 Å². The average Bonchev–Trinajstić information content (AvgIpc) is 3.43. The number of benzene rings is 2. The zero-order valence-corrected chi connectivity index (χ0v) is 16.0. The molecule has 5 rings (SSSR count). The molecule has 2 aliphatic rings. The lowest BCUT2D eigenvalue weighted by atomic mass is 10.1. The third-order valence-electron chi connectivity index (χ3n) is 5.77. The monoisotopic (exact) mass is 389 g/mol. The lowest BCUT2D eigenvalue weighted by molar-refractivity contribution is -0.0502. The Morgan fingerprint density at radius 2 is 1.76 bits per heavy atom. The van der Waals surface area contributed by atoms with Crippen molar-refractivity contribution in [1.29, 1.82) is 0 Å². The van der Waals surface area contributed by atoms with E-state index in [1.165, 1.54) is 5.56 Å². The summed E-state index contributed by atoms with van der Waals surface area (Å²) in [6.45, 7) is 2.44. The highest BCUT2D eigenvalue weighted by Gasteiger charge is 2.38. The average molecular weight is 389 g/mol. The minimum absolute atomic E-state index is 0.0364. The number of nitrogens with one attached hydrogen (secondary N) is 1. The number of hydrogen-bond acceptors (Lipinski definition) is 5. The largest absolute Gasteiger partial charge is 0.371 e. The Morgan fingerprint density at radius 3 is 2.52 bits per heavy atom. The minimum Gasteiger partial charge on any atom is -0.371 e. The molecule has 0 unspecified atom stereocenters. The van der Waals surface area contributed by atoms with Crippen molar-refractivity contribution < 1.29 is 9.53 Å². The van der Waals surface area contributed by atoms with Crippen molar-refractivity contribution in [1.82, 2.24) is 25.0 Å². The van der Waals surface area contributed by atoms with Crippen LogP contribution in [0.2, 0.25) is 0 Å². The molecule has 2 saturated heterocycles. The van der Waals surface area contributed by atoms with E-state index in [4.69, 9.17) is 4.74 Å². The molecule has 2 aromatic carbocycles. The van der Waals surface area contributed by atoms with E-state index in [0.717, 1.165) is 25.2 Å². The molecule has 29 heavy (non-hydrogen) atoms. The number of fused-ring (bicyclic) bond motifs is 1. The first-order chi connectivity index (χ1) is 14.3. The van der Waals surface area contributed by atoms with Crippen molar-refractivity contribution in [2.24, 2.45) is 0 Å². The first kappa shape index (κ1) is 18.0. The Balaban J connectivity index is 1.19. The summed E-state index contributed by atoms with van der Waals surface area (Å²) in [5, 5.41) is 10.8. The molecule has 0 aliphatic carbocycles. The van der Waals surface area contributed by atoms with Crippen LogP contribution in [0, 0.1) is 0 Å². The fraction of sp³-hybridized carbons (Fsp3) is 0.318. The highest BCUT2D eigenvalue weighted by Crippen LogP contribution is 2.30. The quantitative estimate of drug-likeness (QED) is 0.741. The van der Waals surface area contributed by atoms with Gasteiger partial charge >= 0.3 is 0 Å². The van der Waals surface area contributed by atoms with Crippen molar-refractivity contribution in [2.75, 3.05) is 19.7 Å². The molecule has 148 valence electrons. The predicted molar refractivity (Wildman–Crippen MR) is 108 cm³/mol. The van der Waals surface area contributed by atoms with Crippen molar-refractivity contribution in [3.05, 3.63) is 78.4 Å². The third kappa shape index (κ3) is 3.79. The van der Waals surface area contributed by atoms with Gasteiger partial charge in [-0.15, -0.1) is 10.2 Å². The molecule has 7 nitrogen and oxygen atoms in total. The molecule has 1 amide bonds. The van der Waals surface area contributed by atoms with Gasteiger partial charge in [-0.25, -0.2) is 0 Å². The van der Waals surface area contributed by atoms with Crippen LogP contribution in [0.3, 0.4) is 0 Å². The second-order valence-electron chi connectivity index (χ2n) is 7.66. The van der Waals surface area contributed by atoms with Crippen molar-refractivity contribution >= 4 is 5.91 Å². The second kappa shape index (κ2) is 7.77. The summed E-state index contributed by atoms with van der Waals surface area (Å²) in [5.74, 6) is -0.0364. The molecule has 1 aromatic heterocycles. The minimum atomic E-state index is -0.0364. The smallest absolute Gasteiger partial charge is 0.251 e. The summed E-state index contributed by atoms with van der Waals surface area (Å²) < 4.78 is 7.90. The molecule has 1 N–H and O–H groups in total. The second-order valence-corrected chi connectivity index (χ2v) is 7.66. The van der Waals surface area contributed by atoms with Crippen LogP contribution in [-0.4, -0.2) is 57.4 Å². The summed E-state index contributed by atoms with van der Waals surface area (Å²) in [5.41, 5.74) is 2.80. The summed E-state index contributed by atoms with van der Waals surface area (Å²) in [7, 11) is 0. The van der Waals surface area contributed by atoms with Crippen molar-refractivity contribution in [3.63, 3.8) is 0 Å². The van der Waals surface area contributed by atoms with Gasteiger partial charge < -0.3 is 10.1 Å². The van der Waals surface area contributed by atoms with E-state index in [2.05, 4.69) is 32.5 Å². The number of carbonyl (C=O) groups is 1. The van der Waals surface area contributed by atoms with Crippen LogP contribution in [-0.2, 0) is 4.74 Å². The predicted octanol–water partition coefficient (Wildman–Crippen LogP) is 2.21. The Hall–Kier alpha value is -3.03. The zero-order valence-electron chi connectivity index (χ0n) is 16.0. The number of aromatic nitrogens is 3. The molecule has 0 radical (unpaired) electrons. The van der Waals surface area contributed by atoms with Crippen LogP contribution < -0.4 is 5.32 Å². The standard InChI is InChI=1S/C22H23N5O2/c28-22(17-6-8-19(9-7-17)27-14-23-24-15-27)25-18-10-20-13-29-21(12-26(20)11-18)16-4-2-1-3-5-16/h1-9,14-15,18,20-21H,10-13H2,(H,25,28)/t18-,20+,21-/m1/s1. The van der Waals surface area contributed by atoms with Crippen LogP contribution in [0.15, 0.2) is 67.3 Å². The van der Waals surface area contributed by atoms with E-state index < -0.39 is 0 Å². The molecule has 2 aliphatic heterocycles. The summed E-state index contributed by atoms with van der Waals surface area (Å²) in [6, 6.07) is 18.3. The first-order valence-corrected chi connectivity index (χ1v) is 9.93. The molecule has 7 heteroatoms. The van der Waals surface area contributed by atoms with E-state index in [-0.39, 0.29) is 18.1 Å². The maximum atomic E-state index is 12.7. The SMILES string of the molecule is O=C(N[C@@H]1C[C@H]2CO[C@@H](c3ccccc3)CN2C1)c1ccc(-n2cnnc2)cc1. The van der Waals surface area contributed by atoms with Gasteiger partial charge in [-0.1, -0.05) is 30.3 Å². The van der Waals surface area contributed by atoms with E-state index in [0.29, 0.717) is 18.2 Å². The van der Waals surface area contributed by atoms with Crippen LogP contribution in [0.4, 0.5) is 0 Å². The molecule has 2 fully saturated rings. The summed E-state index contributed by atoms with van der Waals surface area (Å²) in [4.78, 5) is 15.1. The van der Waals surface area contributed by atoms with Gasteiger partial charge in [0.2, 0.25) is 0 Å². The maximum absolute atomic E-state index is 12.7. The Morgan fingerprint density at radius 1 is 1.00 bits per heavy atom. The van der Waals surface area contributed by atoms with Crippen LogP contribution >= 0.6 is 0 Å². The highest BCUT2D eigenvalue weighted by atomic mass is 16.5. The summed E-state index contributed by atoms with van der Waals surface area (Å²) >= 11 is 0. The van der Waals surface area contributed by atoms with Gasteiger partial charge in [-0.05, 0) is 36.2 Å². The lowest BCUT2D eigenvalue weighted by Crippen LogP contribution is -2.43. The van der Waals surface area contributed by atoms with Gasteiger partial charge in [0, 0.05) is 36.4 Å². The first-order valence-electron chi connectivity index (χ1n) is 9.93. The number of nitrogens with zero attached hydrogens (tertiary/aromatic N) is 4. The van der Waals surface area contributed by atoms with E-state index in [1.54, 1.807) is 17.2 Å². The molecule has 0 spiro atoms. The Labute approximate surface area is 169 Å². The summed E-state index contributed by atoms with van der Waals surface area (Å²) in [6.07, 6.45) is 4.29. The number of morpholine rings is 1. The number of hydrogen-bond donors (Lipinski definition) is 1. The van der Waals surface area contributed by atoms with E-state index >= 15 is 0 Å². The lowest BCUT2D eigenvalue weighted by Gasteiger charge is -2.35. The highest BCUT2D eigenvalue weighted by molar-refractivity contribution is 5.94. The Bertz CT molecular complexity index is 959. The fourth-order valence-electron chi connectivity index (χ4n) is 4.24. The van der Waals surface area contributed by atoms with Crippen molar-refractivity contribution in [3.8, 4) is 5.69 Å². The molecule has 3 atom stereocenters. The van der Waals surface area contributed by atoms with Gasteiger partial charge in [-0.2, -0.15) is 0 Å². The van der Waals surface area contributed by atoms with Gasteiger partial charge in [0.15, 0.2) is 0 Å². The van der Waals surface area contributed by atoms with Crippen LogP contribution in [0.1, 0.15) is 28.4 Å². The Kier molecular flexibility index (Phi) is 4.83. The zero-order chi connectivity index (χ0) is 19.6. The molecular weight excluding hydrogens is 366 g/mol. The van der Waals surface area contributed by atoms with Crippen LogP contribution in [0.5, 0.6) is 0 Å². The number of carbonyl (C=O) groups excluding carboxylic acids is 1. The molecule has 0 bridgehead atoms. The topological polar surface area (TPSA) is 72.3 Å². The number of ether oxygens (including phenoxy) is 1. The molecule has 3 heterocycles. The molecular formula is C22H23N5O2. The van der Waals surface area contributed by atoms with Crippen molar-refractivity contribution in [2.45, 2.75) is 24.6 Å². The maximum Gasteiger partial charge on any atom is 0.251 e. The fourth-order valence-corrected chi connectivity index (χ4v) is 4.24. The third-order valence-corrected chi connectivity index (χ3v) is 5.77. The van der Waals surface area contributed by atoms with Gasteiger partial charge in [-0.3, -0.25) is 14.3 Å². The molecule has 3 aromatic rings. The molecule has 0 saturated carbocycles. The van der Waals surface area contributed by atoms with Gasteiger partial charge in [0.25, 0.3) is 5.91 Å². The van der Waals surface area contributed by atoms with E-state index in [1.807, 2.05) is 42.5 Å². The number of amides is 1. The number of rotatable bonds is 4. The van der Waals surface area contributed by atoms with Crippen LogP contribution in [0.25, 0.3) is 5.69 Å². The van der Waals surface area contributed by atoms with E-state index in [9.17, 15) is 4.79 Å². The van der Waals surface area contributed by atoms with Gasteiger partial charge in [0.1, 0.15) is 12.7 Å².